The molecule has 1 aromatic heterocycles. The van der Waals surface area contributed by atoms with Crippen molar-refractivity contribution < 1.29 is 0 Å². The van der Waals surface area contributed by atoms with Gasteiger partial charge in [-0.3, -0.25) is 4.90 Å². The summed E-state index contributed by atoms with van der Waals surface area (Å²) in [6.07, 6.45) is 23.4. The molecule has 2 N–H and O–H groups in total. The topological polar surface area (TPSA) is 32.2 Å². The molecule has 4 heteroatoms. The number of hydrogen-bond acceptors (Lipinski definition) is 3. The van der Waals surface area contributed by atoms with Crippen molar-refractivity contribution in [1.29, 1.82) is 0 Å². The van der Waals surface area contributed by atoms with Gasteiger partial charge in [-0.1, -0.05) is 146 Å². The van der Waals surface area contributed by atoms with Crippen LogP contribution in [0.4, 0.5) is 11.4 Å². The van der Waals surface area contributed by atoms with Gasteiger partial charge in [0.25, 0.3) is 0 Å². The first-order chi connectivity index (χ1) is 26.8. The fourth-order valence-electron chi connectivity index (χ4n) is 9.00. The van der Waals surface area contributed by atoms with E-state index < -0.39 is 0 Å². The van der Waals surface area contributed by atoms with Gasteiger partial charge in [-0.25, -0.2) is 0 Å². The molecule has 0 saturated heterocycles. The molecule has 6 aromatic rings. The van der Waals surface area contributed by atoms with Gasteiger partial charge < -0.3 is 15.2 Å². The second-order valence-corrected chi connectivity index (χ2v) is 14.6. The average molecular weight is 695 g/mol. The molecular weight excluding hydrogens is 657 g/mol. The number of anilines is 2. The molecule has 2 unspecified atom stereocenters. The van der Waals surface area contributed by atoms with Crippen LogP contribution in [0.15, 0.2) is 205 Å². The SMILES string of the molecule is C1=CCC(c2cc(-c3ccccc3)cc(-n3c4c(c5ccccc53)-c3ccccc3N(C3=CC=C5C=CC6=C(NCC=C6)C5N3)c3ccccc3-4)c2)C=C1. The van der Waals surface area contributed by atoms with Crippen molar-refractivity contribution in [2.75, 3.05) is 11.4 Å². The number of allylic oxidation sites excluding steroid dienone is 9. The molecule has 0 saturated carbocycles. The average Bonchev–Trinajstić information content (AvgIpc) is 3.53. The molecule has 5 aliphatic rings. The number of nitrogens with zero attached hydrogens (tertiary/aromatic N) is 2. The lowest BCUT2D eigenvalue weighted by Crippen LogP contribution is -2.45. The molecule has 2 aliphatic carbocycles. The van der Waals surface area contributed by atoms with Gasteiger partial charge >= 0.3 is 0 Å². The Labute approximate surface area is 315 Å². The second kappa shape index (κ2) is 12.4. The van der Waals surface area contributed by atoms with Crippen molar-refractivity contribution >= 4 is 22.3 Å². The highest BCUT2D eigenvalue weighted by Crippen LogP contribution is 2.53. The van der Waals surface area contributed by atoms with Gasteiger partial charge in [0.1, 0.15) is 5.82 Å². The third-order valence-corrected chi connectivity index (χ3v) is 11.5. The molecule has 2 atom stereocenters. The number of hydrogen-bond donors (Lipinski definition) is 2. The van der Waals surface area contributed by atoms with Gasteiger partial charge in [-0.05, 0) is 70.7 Å². The molecule has 5 aromatic carbocycles. The number of benzene rings is 5. The van der Waals surface area contributed by atoms with E-state index >= 15 is 0 Å². The molecule has 0 spiro atoms. The summed E-state index contributed by atoms with van der Waals surface area (Å²) in [6, 6.07) is 44.9. The smallest absolute Gasteiger partial charge is 0.111 e. The first-order valence-corrected chi connectivity index (χ1v) is 19.0. The summed E-state index contributed by atoms with van der Waals surface area (Å²) in [5.74, 6) is 1.36. The molecule has 11 rings (SSSR count). The van der Waals surface area contributed by atoms with Crippen LogP contribution in [0, 0.1) is 0 Å². The molecule has 258 valence electrons. The van der Waals surface area contributed by atoms with E-state index in [0.717, 1.165) is 30.2 Å². The Hall–Kier alpha value is -6.78. The maximum atomic E-state index is 4.00. The van der Waals surface area contributed by atoms with Crippen LogP contribution in [-0.4, -0.2) is 17.2 Å². The summed E-state index contributed by atoms with van der Waals surface area (Å²) in [4.78, 5) is 2.44. The van der Waals surface area contributed by atoms with Crippen LogP contribution >= 0.6 is 0 Å². The Morgan fingerprint density at radius 1 is 0.648 bits per heavy atom. The highest BCUT2D eigenvalue weighted by atomic mass is 15.3. The number of aromatic nitrogens is 1. The molecular formula is C50H38N4. The Morgan fingerprint density at radius 2 is 1.44 bits per heavy atom. The van der Waals surface area contributed by atoms with E-state index in [1.54, 1.807) is 0 Å². The minimum Gasteiger partial charge on any atom is -0.382 e. The van der Waals surface area contributed by atoms with E-state index in [4.69, 9.17) is 0 Å². The first kappa shape index (κ1) is 30.8. The predicted molar refractivity (Wildman–Crippen MR) is 224 cm³/mol. The maximum Gasteiger partial charge on any atom is 0.111 e. The summed E-state index contributed by atoms with van der Waals surface area (Å²) < 4.78 is 2.53. The lowest BCUT2D eigenvalue weighted by atomic mass is 9.89. The van der Waals surface area contributed by atoms with Crippen LogP contribution in [0.5, 0.6) is 0 Å². The molecule has 4 nitrogen and oxygen atoms in total. The minimum atomic E-state index is 0.0392. The Kier molecular flexibility index (Phi) is 7.09. The summed E-state index contributed by atoms with van der Waals surface area (Å²) in [5.41, 5.74) is 17.0. The fraction of sp³-hybridized carbons (Fsp3) is 0.0800. The Bertz CT molecular complexity index is 2730. The highest BCUT2D eigenvalue weighted by Gasteiger charge is 2.35. The van der Waals surface area contributed by atoms with Gasteiger partial charge in [0.15, 0.2) is 0 Å². The standard InChI is InChI=1S/C50H38N4/c1-3-14-33(15-4-1)37-30-38(34-16-5-2-6-17-34)32-39(31-37)53-43-22-10-7-19-40(43)47-41-20-8-11-23-44(41)54(45-24-12-9-21-42(45)50(47)53)46-28-27-36-26-25-35-18-13-29-51-48(35)49(36)52-46/h1-16,18-28,30-32,34,49,51-52H,17,29H2. The van der Waals surface area contributed by atoms with Crippen LogP contribution in [0.25, 0.3) is 50.1 Å². The zero-order valence-electron chi connectivity index (χ0n) is 29.8. The third kappa shape index (κ3) is 4.84. The summed E-state index contributed by atoms with van der Waals surface area (Å²) in [7, 11) is 0. The number of fused-ring (bicyclic) bond motifs is 9. The molecule has 0 amide bonds. The van der Waals surface area contributed by atoms with Crippen LogP contribution in [0.2, 0.25) is 0 Å². The fourth-order valence-corrected chi connectivity index (χ4v) is 9.00. The zero-order valence-corrected chi connectivity index (χ0v) is 29.8. The molecule has 54 heavy (non-hydrogen) atoms. The number of para-hydroxylation sites is 3. The molecule has 3 aliphatic heterocycles. The van der Waals surface area contributed by atoms with E-state index in [9.17, 15) is 0 Å². The lowest BCUT2D eigenvalue weighted by Gasteiger charge is -2.38. The van der Waals surface area contributed by atoms with Crippen LogP contribution in [-0.2, 0) is 0 Å². The summed E-state index contributed by atoms with van der Waals surface area (Å²) in [5, 5.41) is 8.91. The van der Waals surface area contributed by atoms with Gasteiger partial charge in [0, 0.05) is 45.9 Å². The van der Waals surface area contributed by atoms with E-state index in [1.807, 2.05) is 0 Å². The molecule has 0 radical (unpaired) electrons. The lowest BCUT2D eigenvalue weighted by molar-refractivity contribution is 0.641. The van der Waals surface area contributed by atoms with E-state index in [0.29, 0.717) is 5.92 Å². The van der Waals surface area contributed by atoms with Crippen LogP contribution in [0.3, 0.4) is 0 Å². The van der Waals surface area contributed by atoms with E-state index in [2.05, 4.69) is 202 Å². The third-order valence-electron chi connectivity index (χ3n) is 11.5. The van der Waals surface area contributed by atoms with Crippen molar-refractivity contribution in [2.45, 2.75) is 18.4 Å². The van der Waals surface area contributed by atoms with Crippen molar-refractivity contribution in [3.05, 3.63) is 210 Å². The number of dihydropyridines is 2. The van der Waals surface area contributed by atoms with Gasteiger partial charge in [0.05, 0.1) is 28.6 Å². The molecule has 0 fully saturated rings. The van der Waals surface area contributed by atoms with Crippen LogP contribution in [0.1, 0.15) is 17.9 Å². The van der Waals surface area contributed by atoms with Crippen molar-refractivity contribution in [3.63, 3.8) is 0 Å². The highest BCUT2D eigenvalue weighted by molar-refractivity contribution is 6.12. The van der Waals surface area contributed by atoms with Gasteiger partial charge in [-0.15, -0.1) is 0 Å². The molecule has 0 bridgehead atoms. The summed E-state index contributed by atoms with van der Waals surface area (Å²) >= 11 is 0. The van der Waals surface area contributed by atoms with Crippen molar-refractivity contribution in [3.8, 4) is 39.2 Å². The largest absolute Gasteiger partial charge is 0.382 e. The van der Waals surface area contributed by atoms with Crippen molar-refractivity contribution in [1.82, 2.24) is 15.2 Å². The second-order valence-electron chi connectivity index (χ2n) is 14.6. The summed E-state index contributed by atoms with van der Waals surface area (Å²) in [6.45, 7) is 0.833. The number of nitrogens with one attached hydrogen (secondary N) is 2. The van der Waals surface area contributed by atoms with Crippen LogP contribution < -0.4 is 15.5 Å². The number of rotatable bonds is 4. The zero-order chi connectivity index (χ0) is 35.6. The Balaban J connectivity index is 1.17. The van der Waals surface area contributed by atoms with Crippen molar-refractivity contribution in [2.24, 2.45) is 0 Å². The first-order valence-electron chi connectivity index (χ1n) is 19.0. The van der Waals surface area contributed by atoms with E-state index in [1.165, 1.54) is 72.5 Å². The minimum absolute atomic E-state index is 0.0392. The Morgan fingerprint density at radius 3 is 2.31 bits per heavy atom. The monoisotopic (exact) mass is 694 g/mol. The maximum absolute atomic E-state index is 4.00. The van der Waals surface area contributed by atoms with E-state index in [-0.39, 0.29) is 6.04 Å². The quantitative estimate of drug-likeness (QED) is 0.193. The van der Waals surface area contributed by atoms with Gasteiger partial charge in [-0.2, -0.15) is 0 Å². The normalized spacial score (nSPS) is 19.1. The predicted octanol–water partition coefficient (Wildman–Crippen LogP) is 11.4. The molecule has 4 heterocycles. The van der Waals surface area contributed by atoms with Gasteiger partial charge in [0.2, 0.25) is 0 Å².